The number of sulfone groups is 1. The fourth-order valence-electron chi connectivity index (χ4n) is 10.7. The maximum absolute atomic E-state index is 14.4. The van der Waals surface area contributed by atoms with Crippen LogP contribution in [0.4, 0.5) is 0 Å². The van der Waals surface area contributed by atoms with Crippen molar-refractivity contribution in [3.8, 4) is 0 Å². The van der Waals surface area contributed by atoms with Gasteiger partial charge in [-0.3, -0.25) is 14.3 Å². The monoisotopic (exact) mass is 1010 g/mol. The van der Waals surface area contributed by atoms with Crippen molar-refractivity contribution in [2.45, 2.75) is 203 Å². The van der Waals surface area contributed by atoms with E-state index in [1.165, 1.54) is 27.4 Å². The number of ether oxygens (including phenoxy) is 7. The number of benzene rings is 1. The molecule has 0 spiro atoms. The molecule has 20 heteroatoms. The Hall–Kier alpha value is -2.99. The third kappa shape index (κ3) is 13.2. The van der Waals surface area contributed by atoms with Gasteiger partial charge in [-0.25, -0.2) is 8.42 Å². The maximum atomic E-state index is 14.4. The molecule has 0 bridgehead atoms. The first-order valence-electron chi connectivity index (χ1n) is 24.7. The Morgan fingerprint density at radius 3 is 2.13 bits per heavy atom. The van der Waals surface area contributed by atoms with Gasteiger partial charge in [0.2, 0.25) is 0 Å². The predicted octanol–water partition coefficient (Wildman–Crippen LogP) is 3.29. The van der Waals surface area contributed by atoms with E-state index in [1.54, 1.807) is 77.4 Å². The molecule has 18 atom stereocenters. The quantitative estimate of drug-likeness (QED) is 0.187. The number of carbonyl (C=O) groups excluding carboxylic acids is 2. The summed E-state index contributed by atoms with van der Waals surface area (Å²) in [5, 5.41) is 55.4. The molecule has 3 aliphatic rings. The average molecular weight is 1010 g/mol. The molecule has 1 aromatic heterocycles. The maximum Gasteiger partial charge on any atom is 0.311 e. The minimum Gasteiger partial charge on any atom is -0.459 e. The SMILES string of the molecule is CC[C@H]1OC(=O)[C@H](C)[C@@H](O[C@H]2C[C@@](C)(OC)[C@@H](O)[C@H](C)O2)[C@H](C)[C@@H](O[C@@H]2O[C@H](C)C[C@H](N(C)CCc3cn(CCc4ccc(S(C)(=O)=O)cc4)nn3)[C@H]2O)[C@](C)(OC)C[C@@H](C)C(=O)[C@H](C)[C@@H](O)[C@]1(C)O. The Bertz CT molecular complexity index is 2140. The molecule has 70 heavy (non-hydrogen) atoms. The number of esters is 1. The normalized spacial score (nSPS) is 39.7. The Morgan fingerprint density at radius 2 is 1.53 bits per heavy atom. The smallest absolute Gasteiger partial charge is 0.311 e. The van der Waals surface area contributed by atoms with Crippen molar-refractivity contribution in [3.05, 3.63) is 41.7 Å². The van der Waals surface area contributed by atoms with E-state index in [4.69, 9.17) is 33.2 Å². The summed E-state index contributed by atoms with van der Waals surface area (Å²) in [5.41, 5.74) is -2.70. The lowest BCUT2D eigenvalue weighted by Gasteiger charge is -2.50. The van der Waals surface area contributed by atoms with Crippen molar-refractivity contribution in [2.75, 3.05) is 34.1 Å². The summed E-state index contributed by atoms with van der Waals surface area (Å²) in [7, 11) is 1.61. The highest BCUT2D eigenvalue weighted by atomic mass is 32.2. The molecule has 5 rings (SSSR count). The summed E-state index contributed by atoms with van der Waals surface area (Å²) in [6.45, 7) is 18.0. The summed E-state index contributed by atoms with van der Waals surface area (Å²) in [6.07, 6.45) is -5.51. The van der Waals surface area contributed by atoms with E-state index < -0.39 is 118 Å². The zero-order valence-corrected chi connectivity index (χ0v) is 44.5. The summed E-state index contributed by atoms with van der Waals surface area (Å²) in [6, 6.07) is 6.34. The number of hydrogen-bond acceptors (Lipinski definition) is 18. The van der Waals surface area contributed by atoms with Gasteiger partial charge in [0.15, 0.2) is 22.4 Å². The second-order valence-corrected chi connectivity index (χ2v) is 23.1. The van der Waals surface area contributed by atoms with E-state index in [1.807, 2.05) is 32.0 Å². The standard InChI is InChI=1S/C50H82N4O15S/c1-15-38-50(10,60)43(57)30(4)40(55)28(2)25-49(9,64-13)45(31(5)42(32(6)46(59)67-38)68-39-26-48(8,63-12)44(58)33(7)66-39)69-47-41(56)37(24-29(3)65-47)53(11)22-21-35-27-54(52-51-35)23-20-34-16-18-36(19-17-34)70(14,61)62/h16-19,27-33,37-39,41-45,47,56-58,60H,15,20-26H2,1-14H3/t28-,29-,30+,31+,32-,33+,37+,38-,39+,41-,42+,43-,44+,45-,47+,48-,49-,50-/m1/s1. The fourth-order valence-corrected chi connectivity index (χ4v) is 11.3. The lowest BCUT2D eigenvalue weighted by Crippen LogP contribution is -2.61. The van der Waals surface area contributed by atoms with Gasteiger partial charge in [0, 0.05) is 76.4 Å². The second-order valence-electron chi connectivity index (χ2n) is 21.0. The number of aliphatic hydroxyl groups excluding tert-OH is 3. The van der Waals surface area contributed by atoms with Gasteiger partial charge in [0.25, 0.3) is 0 Å². The first kappa shape index (κ1) is 57.9. The van der Waals surface area contributed by atoms with Crippen LogP contribution in [0.3, 0.4) is 0 Å². The van der Waals surface area contributed by atoms with Crippen molar-refractivity contribution in [2.24, 2.45) is 23.7 Å². The molecule has 19 nitrogen and oxygen atoms in total. The summed E-state index contributed by atoms with van der Waals surface area (Å²) in [4.78, 5) is 31.0. The molecule has 0 aliphatic carbocycles. The largest absolute Gasteiger partial charge is 0.459 e. The van der Waals surface area contributed by atoms with E-state index in [9.17, 15) is 38.4 Å². The number of ketones is 1. The number of Topliss-reactive ketones (excluding diaryl/α,β-unsaturated/α-hetero) is 1. The van der Waals surface area contributed by atoms with E-state index >= 15 is 0 Å². The van der Waals surface area contributed by atoms with Crippen molar-refractivity contribution >= 4 is 21.6 Å². The molecule has 398 valence electrons. The van der Waals surface area contributed by atoms with E-state index in [2.05, 4.69) is 10.3 Å². The van der Waals surface area contributed by atoms with Gasteiger partial charge in [-0.15, -0.1) is 5.10 Å². The number of carbonyl (C=O) groups is 2. The number of hydrogen-bond donors (Lipinski definition) is 4. The molecular weight excluding hydrogens is 929 g/mol. The molecule has 3 aliphatic heterocycles. The summed E-state index contributed by atoms with van der Waals surface area (Å²) < 4.78 is 70.2. The second kappa shape index (κ2) is 23.5. The van der Waals surface area contributed by atoms with Gasteiger partial charge >= 0.3 is 5.97 Å². The molecule has 0 amide bonds. The van der Waals surface area contributed by atoms with Gasteiger partial charge in [0.05, 0.1) is 58.2 Å². The first-order chi connectivity index (χ1) is 32.6. The van der Waals surface area contributed by atoms with Crippen molar-refractivity contribution < 1.29 is 71.6 Å². The molecule has 0 radical (unpaired) electrons. The molecule has 0 unspecified atom stereocenters. The Morgan fingerprint density at radius 1 is 0.886 bits per heavy atom. The van der Waals surface area contributed by atoms with E-state index in [0.717, 1.165) is 11.3 Å². The minimum atomic E-state index is -3.29. The van der Waals surface area contributed by atoms with Gasteiger partial charge in [0.1, 0.15) is 29.7 Å². The zero-order valence-electron chi connectivity index (χ0n) is 43.7. The van der Waals surface area contributed by atoms with Crippen LogP contribution in [0.25, 0.3) is 0 Å². The van der Waals surface area contributed by atoms with Crippen LogP contribution in [-0.2, 0) is 72.0 Å². The van der Waals surface area contributed by atoms with Crippen LogP contribution in [0.15, 0.2) is 35.4 Å². The third-order valence-corrected chi connectivity index (χ3v) is 16.6. The average Bonchev–Trinajstić information content (AvgIpc) is 3.78. The van der Waals surface area contributed by atoms with Gasteiger partial charge < -0.3 is 58.5 Å². The molecule has 3 saturated heterocycles. The lowest BCUT2D eigenvalue weighted by molar-refractivity contribution is -0.319. The predicted molar refractivity (Wildman–Crippen MR) is 257 cm³/mol. The van der Waals surface area contributed by atoms with Crippen LogP contribution < -0.4 is 0 Å². The Labute approximate surface area is 414 Å². The van der Waals surface area contributed by atoms with Gasteiger partial charge in [-0.2, -0.15) is 0 Å². The molecule has 4 N–H and O–H groups in total. The van der Waals surface area contributed by atoms with Crippen LogP contribution >= 0.6 is 0 Å². The molecule has 2 aromatic rings. The first-order valence-corrected chi connectivity index (χ1v) is 26.6. The number of aliphatic hydroxyl groups is 4. The number of likely N-dealkylation sites (N-methyl/N-ethyl adjacent to an activating group) is 1. The van der Waals surface area contributed by atoms with Crippen molar-refractivity contribution in [1.82, 2.24) is 19.9 Å². The van der Waals surface area contributed by atoms with Crippen molar-refractivity contribution in [3.63, 3.8) is 0 Å². The summed E-state index contributed by atoms with van der Waals surface area (Å²) >= 11 is 0. The Balaban J connectivity index is 1.44. The lowest BCUT2D eigenvalue weighted by atomic mass is 9.74. The molecule has 0 saturated carbocycles. The minimum absolute atomic E-state index is 0.0576. The number of aromatic nitrogens is 3. The molecule has 4 heterocycles. The highest BCUT2D eigenvalue weighted by Crippen LogP contribution is 2.42. The number of cyclic esters (lactones) is 1. The van der Waals surface area contributed by atoms with Crippen LogP contribution in [-0.4, -0.2) is 179 Å². The number of methoxy groups -OCH3 is 2. The van der Waals surface area contributed by atoms with Crippen molar-refractivity contribution in [1.29, 1.82) is 0 Å². The fraction of sp³-hybridized carbons (Fsp3) is 0.800. The molecule has 1 aromatic carbocycles. The molecule has 3 fully saturated rings. The topological polar surface area (TPSA) is 248 Å². The Kier molecular flexibility index (Phi) is 19.4. The van der Waals surface area contributed by atoms with E-state index in [-0.39, 0.29) is 36.0 Å². The van der Waals surface area contributed by atoms with Crippen LogP contribution in [0.2, 0.25) is 0 Å². The van der Waals surface area contributed by atoms with Crippen LogP contribution in [0.1, 0.15) is 106 Å². The number of rotatable bonds is 15. The van der Waals surface area contributed by atoms with Crippen LogP contribution in [0, 0.1) is 23.7 Å². The summed E-state index contributed by atoms with van der Waals surface area (Å²) in [5.74, 6) is -4.78. The number of nitrogens with zero attached hydrogens (tertiary/aromatic N) is 4. The molecular formula is C50H82N4O15S. The number of aryl methyl sites for hydroxylation is 2. The zero-order chi connectivity index (χ0) is 52.3. The van der Waals surface area contributed by atoms with Gasteiger partial charge in [-0.05, 0) is 92.0 Å². The van der Waals surface area contributed by atoms with Gasteiger partial charge in [-0.1, -0.05) is 45.0 Å². The van der Waals surface area contributed by atoms with E-state index in [0.29, 0.717) is 32.4 Å². The third-order valence-electron chi connectivity index (χ3n) is 15.5. The highest BCUT2D eigenvalue weighted by molar-refractivity contribution is 7.90. The highest BCUT2D eigenvalue weighted by Gasteiger charge is 2.54. The van der Waals surface area contributed by atoms with Crippen LogP contribution in [0.5, 0.6) is 0 Å².